The zero-order valence-corrected chi connectivity index (χ0v) is 31.8. The smallest absolute Gasteiger partial charge is 0.243 e. The summed E-state index contributed by atoms with van der Waals surface area (Å²) < 4.78 is 50.5. The summed E-state index contributed by atoms with van der Waals surface area (Å²) in [6.45, 7) is 5.69. The van der Waals surface area contributed by atoms with Crippen molar-refractivity contribution in [1.29, 1.82) is 0 Å². The Morgan fingerprint density at radius 1 is 0.745 bits per heavy atom. The predicted octanol–water partition coefficient (Wildman–Crippen LogP) is 4.71. The van der Waals surface area contributed by atoms with Crippen molar-refractivity contribution < 1.29 is 27.4 Å². The van der Waals surface area contributed by atoms with Gasteiger partial charge in [0.2, 0.25) is 21.9 Å². The Morgan fingerprint density at radius 2 is 1.35 bits per heavy atom. The Labute approximate surface area is 321 Å². The van der Waals surface area contributed by atoms with E-state index < -0.39 is 10.0 Å². The molecule has 0 aliphatic carbocycles. The number of fused-ring (bicyclic) bond motifs is 1. The highest BCUT2D eigenvalue weighted by Gasteiger charge is 2.32. The van der Waals surface area contributed by atoms with Gasteiger partial charge in [-0.3, -0.25) is 0 Å². The van der Waals surface area contributed by atoms with E-state index in [1.54, 1.807) is 32.4 Å². The van der Waals surface area contributed by atoms with Crippen LogP contribution in [0.1, 0.15) is 16.7 Å². The van der Waals surface area contributed by atoms with Gasteiger partial charge in [-0.05, 0) is 60.0 Å². The van der Waals surface area contributed by atoms with Gasteiger partial charge in [-0.1, -0.05) is 30.3 Å². The highest BCUT2D eigenvalue weighted by atomic mass is 32.2. The standard InChI is InChI=1S/C40H44N8O6S/c1-51-33-10-6-29(7-11-33)27-46(28-30-8-12-34(52-2)13-9-30)39-41-25-31(26-42-39)37-36-14-15-48(38(36)44-40(43-37)45-16-20-53-21-17-45)32-4-3-5-35(24-32)55(49,50)47-18-22-54-23-19-47/h3-13,24-26H,14-23,27-28H2,1-2H3. The highest BCUT2D eigenvalue weighted by molar-refractivity contribution is 7.89. The summed E-state index contributed by atoms with van der Waals surface area (Å²) in [4.78, 5) is 26.7. The van der Waals surface area contributed by atoms with E-state index in [4.69, 9.17) is 38.9 Å². The van der Waals surface area contributed by atoms with Gasteiger partial charge in [0.1, 0.15) is 17.3 Å². The number of anilines is 4. The minimum atomic E-state index is -3.69. The third-order valence-electron chi connectivity index (χ3n) is 10.1. The average molecular weight is 765 g/mol. The van der Waals surface area contributed by atoms with Crippen molar-refractivity contribution >= 4 is 33.4 Å². The third-order valence-corrected chi connectivity index (χ3v) is 12.0. The molecule has 286 valence electrons. The molecule has 55 heavy (non-hydrogen) atoms. The first-order valence-electron chi connectivity index (χ1n) is 18.4. The summed E-state index contributed by atoms with van der Waals surface area (Å²) in [5.74, 6) is 3.51. The van der Waals surface area contributed by atoms with E-state index in [0.717, 1.165) is 51.0 Å². The average Bonchev–Trinajstić information content (AvgIpc) is 3.69. The third kappa shape index (κ3) is 7.92. The molecular weight excluding hydrogens is 721 g/mol. The molecule has 0 spiro atoms. The van der Waals surface area contributed by atoms with Crippen LogP contribution in [0.5, 0.6) is 11.5 Å². The van der Waals surface area contributed by atoms with Gasteiger partial charge in [-0.2, -0.15) is 9.29 Å². The van der Waals surface area contributed by atoms with Crippen LogP contribution in [0.2, 0.25) is 0 Å². The van der Waals surface area contributed by atoms with Crippen LogP contribution < -0.4 is 24.2 Å². The fraction of sp³-hybridized carbons (Fsp3) is 0.350. The van der Waals surface area contributed by atoms with E-state index in [1.807, 2.05) is 67.0 Å². The van der Waals surface area contributed by atoms with E-state index in [1.165, 1.54) is 4.31 Å². The van der Waals surface area contributed by atoms with Crippen LogP contribution in [0, 0.1) is 0 Å². The Morgan fingerprint density at radius 3 is 1.95 bits per heavy atom. The topological polar surface area (TPSA) is 136 Å². The molecule has 3 aliphatic rings. The molecule has 2 aromatic heterocycles. The summed E-state index contributed by atoms with van der Waals surface area (Å²) in [6, 6.07) is 23.1. The Balaban J connectivity index is 1.13. The van der Waals surface area contributed by atoms with E-state index in [9.17, 15) is 8.42 Å². The molecule has 5 aromatic rings. The molecule has 2 saturated heterocycles. The first-order chi connectivity index (χ1) is 26.9. The number of morpholine rings is 2. The van der Waals surface area contributed by atoms with E-state index in [2.05, 4.69) is 14.7 Å². The Hall–Kier alpha value is -5.35. The molecule has 0 saturated carbocycles. The van der Waals surface area contributed by atoms with Crippen molar-refractivity contribution in [3.05, 3.63) is 102 Å². The Bertz CT molecular complexity index is 2150. The summed E-state index contributed by atoms with van der Waals surface area (Å²) in [5.41, 5.74) is 5.43. The predicted molar refractivity (Wildman–Crippen MR) is 209 cm³/mol. The van der Waals surface area contributed by atoms with Crippen molar-refractivity contribution in [2.75, 3.05) is 88.1 Å². The van der Waals surface area contributed by atoms with Gasteiger partial charge in [-0.15, -0.1) is 0 Å². The molecule has 2 fully saturated rings. The number of benzene rings is 3. The molecular formula is C40H44N8O6S. The lowest BCUT2D eigenvalue weighted by molar-refractivity contribution is 0.0730. The number of hydrogen-bond donors (Lipinski definition) is 0. The van der Waals surface area contributed by atoms with Crippen molar-refractivity contribution in [3.63, 3.8) is 0 Å². The maximum atomic E-state index is 13.6. The molecule has 3 aromatic carbocycles. The van der Waals surface area contributed by atoms with Crippen LogP contribution in [0.25, 0.3) is 11.3 Å². The van der Waals surface area contributed by atoms with Crippen LogP contribution in [-0.2, 0) is 39.0 Å². The van der Waals surface area contributed by atoms with Gasteiger partial charge in [0.15, 0.2) is 0 Å². The van der Waals surface area contributed by atoms with Crippen molar-refractivity contribution in [2.45, 2.75) is 24.4 Å². The minimum absolute atomic E-state index is 0.251. The Kier molecular flexibility index (Phi) is 10.8. The number of aromatic nitrogens is 4. The van der Waals surface area contributed by atoms with Crippen LogP contribution in [0.3, 0.4) is 0 Å². The molecule has 8 rings (SSSR count). The molecule has 14 nitrogen and oxygen atoms in total. The van der Waals surface area contributed by atoms with Crippen molar-refractivity contribution in [3.8, 4) is 22.8 Å². The number of ether oxygens (including phenoxy) is 4. The fourth-order valence-electron chi connectivity index (χ4n) is 7.09. The molecule has 5 heterocycles. The number of nitrogens with zero attached hydrogens (tertiary/aromatic N) is 8. The van der Waals surface area contributed by atoms with Crippen LogP contribution in [0.15, 0.2) is 90.1 Å². The van der Waals surface area contributed by atoms with Crippen LogP contribution in [-0.4, -0.2) is 106 Å². The first-order valence-corrected chi connectivity index (χ1v) is 19.9. The molecule has 0 N–H and O–H groups in total. The van der Waals surface area contributed by atoms with Gasteiger partial charge in [0.05, 0.1) is 51.2 Å². The molecule has 0 radical (unpaired) electrons. The fourth-order valence-corrected chi connectivity index (χ4v) is 8.54. The molecule has 3 aliphatic heterocycles. The summed E-state index contributed by atoms with van der Waals surface area (Å²) in [7, 11) is -0.367. The van der Waals surface area contributed by atoms with E-state index >= 15 is 0 Å². The zero-order chi connectivity index (χ0) is 37.8. The van der Waals surface area contributed by atoms with Gasteiger partial charge in [0.25, 0.3) is 0 Å². The van der Waals surface area contributed by atoms with Gasteiger partial charge >= 0.3 is 0 Å². The van der Waals surface area contributed by atoms with Crippen LogP contribution in [0.4, 0.5) is 23.4 Å². The second kappa shape index (κ2) is 16.2. The second-order valence-electron chi connectivity index (χ2n) is 13.5. The number of methoxy groups -OCH3 is 2. The maximum Gasteiger partial charge on any atom is 0.243 e. The summed E-state index contributed by atoms with van der Waals surface area (Å²) in [5, 5.41) is 0. The summed E-state index contributed by atoms with van der Waals surface area (Å²) >= 11 is 0. The zero-order valence-electron chi connectivity index (χ0n) is 31.0. The van der Waals surface area contributed by atoms with E-state index in [-0.39, 0.29) is 4.90 Å². The number of hydrogen-bond acceptors (Lipinski definition) is 13. The lowest BCUT2D eigenvalue weighted by atomic mass is 10.1. The minimum Gasteiger partial charge on any atom is -0.497 e. The summed E-state index contributed by atoms with van der Waals surface area (Å²) in [6.07, 6.45) is 4.33. The molecule has 0 unspecified atom stereocenters. The molecule has 15 heteroatoms. The van der Waals surface area contributed by atoms with Crippen molar-refractivity contribution in [2.24, 2.45) is 0 Å². The van der Waals surface area contributed by atoms with Gasteiger partial charge in [0, 0.05) is 75.0 Å². The number of rotatable bonds is 12. The van der Waals surface area contributed by atoms with E-state index in [0.29, 0.717) is 90.6 Å². The lowest BCUT2D eigenvalue weighted by Crippen LogP contribution is -2.40. The maximum absolute atomic E-state index is 13.6. The quantitative estimate of drug-likeness (QED) is 0.174. The van der Waals surface area contributed by atoms with Gasteiger partial charge < -0.3 is 33.6 Å². The molecule has 0 bridgehead atoms. The lowest BCUT2D eigenvalue weighted by Gasteiger charge is -2.29. The largest absolute Gasteiger partial charge is 0.497 e. The molecule has 0 amide bonds. The second-order valence-corrected chi connectivity index (χ2v) is 15.5. The SMILES string of the molecule is COc1ccc(CN(Cc2ccc(OC)cc2)c2ncc(-c3nc(N4CCOCC4)nc4c3CCN4c3cccc(S(=O)(=O)N4CCOCC4)c3)cn2)cc1. The number of sulfonamides is 1. The normalized spacial score (nSPS) is 16.2. The highest BCUT2D eigenvalue weighted by Crippen LogP contribution is 2.40. The van der Waals surface area contributed by atoms with Crippen molar-refractivity contribution in [1.82, 2.24) is 24.2 Å². The van der Waals surface area contributed by atoms with Gasteiger partial charge in [-0.25, -0.2) is 23.4 Å². The monoisotopic (exact) mass is 764 g/mol. The first kappa shape index (κ1) is 36.6. The van der Waals surface area contributed by atoms with Crippen LogP contribution >= 0.6 is 0 Å². The molecule has 0 atom stereocenters.